The molecular weight excluding hydrogens is 262 g/mol. The molecule has 0 unspecified atom stereocenters. The van der Waals surface area contributed by atoms with Crippen molar-refractivity contribution < 1.29 is 4.74 Å². The van der Waals surface area contributed by atoms with E-state index in [0.29, 0.717) is 5.92 Å². The number of hydrogen-bond acceptors (Lipinski definition) is 3. The number of fused-ring (bicyclic) bond motifs is 1. The maximum atomic E-state index is 6.01. The maximum absolute atomic E-state index is 6.01. The van der Waals surface area contributed by atoms with Crippen molar-refractivity contribution in [3.8, 4) is 0 Å². The van der Waals surface area contributed by atoms with Crippen LogP contribution in [0.4, 0.5) is 0 Å². The molecule has 1 atom stereocenters. The first-order valence-electron chi connectivity index (χ1n) is 8.64. The van der Waals surface area contributed by atoms with Crippen LogP contribution < -0.4 is 0 Å². The summed E-state index contributed by atoms with van der Waals surface area (Å²) in [6, 6.07) is 0.791. The first-order chi connectivity index (χ1) is 10.3. The van der Waals surface area contributed by atoms with Gasteiger partial charge in [-0.2, -0.15) is 5.10 Å². The van der Waals surface area contributed by atoms with Gasteiger partial charge < -0.3 is 4.74 Å². The third-order valence-corrected chi connectivity index (χ3v) is 5.55. The van der Waals surface area contributed by atoms with E-state index >= 15 is 0 Å². The molecule has 0 amide bonds. The van der Waals surface area contributed by atoms with Gasteiger partial charge in [0, 0.05) is 44.3 Å². The van der Waals surface area contributed by atoms with Gasteiger partial charge in [0.1, 0.15) is 0 Å². The van der Waals surface area contributed by atoms with Gasteiger partial charge in [-0.05, 0) is 31.6 Å². The zero-order valence-electron chi connectivity index (χ0n) is 13.1. The Balaban J connectivity index is 1.47. The Kier molecular flexibility index (Phi) is 3.76. The second kappa shape index (κ2) is 5.73. The van der Waals surface area contributed by atoms with E-state index in [1.165, 1.54) is 49.8 Å². The summed E-state index contributed by atoms with van der Waals surface area (Å²) < 4.78 is 8.08. The minimum Gasteiger partial charge on any atom is -0.380 e. The van der Waals surface area contributed by atoms with Crippen LogP contribution in [0.2, 0.25) is 0 Å². The SMILES string of the molecule is Cn1ncc2c1CN(C1CCCC1)C[C@@H]2COCC1CC1. The molecule has 2 aliphatic carbocycles. The van der Waals surface area contributed by atoms with Crippen molar-refractivity contribution in [3.05, 3.63) is 17.5 Å². The van der Waals surface area contributed by atoms with Crippen molar-refractivity contribution in [1.29, 1.82) is 0 Å². The lowest BCUT2D eigenvalue weighted by atomic mass is 9.94. The fourth-order valence-corrected chi connectivity index (χ4v) is 4.00. The van der Waals surface area contributed by atoms with Crippen molar-refractivity contribution in [2.45, 2.75) is 57.0 Å². The third-order valence-electron chi connectivity index (χ3n) is 5.55. The molecule has 1 aromatic rings. The molecule has 0 spiro atoms. The van der Waals surface area contributed by atoms with Gasteiger partial charge >= 0.3 is 0 Å². The summed E-state index contributed by atoms with van der Waals surface area (Å²) >= 11 is 0. The van der Waals surface area contributed by atoms with Gasteiger partial charge in [0.05, 0.1) is 18.5 Å². The molecule has 2 saturated carbocycles. The van der Waals surface area contributed by atoms with Crippen LogP contribution in [0.5, 0.6) is 0 Å². The molecule has 1 aromatic heterocycles. The van der Waals surface area contributed by atoms with Crippen LogP contribution in [0.25, 0.3) is 0 Å². The highest BCUT2D eigenvalue weighted by Crippen LogP contribution is 2.34. The van der Waals surface area contributed by atoms with Crippen LogP contribution in [0, 0.1) is 5.92 Å². The van der Waals surface area contributed by atoms with E-state index in [9.17, 15) is 0 Å². The summed E-state index contributed by atoms with van der Waals surface area (Å²) in [6.07, 6.45) is 10.4. The van der Waals surface area contributed by atoms with Gasteiger partial charge in [-0.1, -0.05) is 12.8 Å². The molecular formula is C17H27N3O. The fourth-order valence-electron chi connectivity index (χ4n) is 4.00. The third kappa shape index (κ3) is 2.88. The number of hydrogen-bond donors (Lipinski definition) is 0. The van der Waals surface area contributed by atoms with Crippen LogP contribution in [0.3, 0.4) is 0 Å². The van der Waals surface area contributed by atoms with Crippen molar-refractivity contribution >= 4 is 0 Å². The van der Waals surface area contributed by atoms with Gasteiger partial charge in [0.25, 0.3) is 0 Å². The van der Waals surface area contributed by atoms with E-state index < -0.39 is 0 Å². The number of aromatic nitrogens is 2. The van der Waals surface area contributed by atoms with Gasteiger partial charge in [-0.15, -0.1) is 0 Å². The molecule has 2 fully saturated rings. The quantitative estimate of drug-likeness (QED) is 0.835. The van der Waals surface area contributed by atoms with Crippen molar-refractivity contribution in [2.24, 2.45) is 13.0 Å². The molecule has 116 valence electrons. The summed E-state index contributed by atoms with van der Waals surface area (Å²) in [5.41, 5.74) is 2.84. The normalized spacial score (nSPS) is 27.2. The molecule has 1 aliphatic heterocycles. The van der Waals surface area contributed by atoms with Crippen LogP contribution in [-0.2, 0) is 18.3 Å². The monoisotopic (exact) mass is 289 g/mol. The highest BCUT2D eigenvalue weighted by atomic mass is 16.5. The molecule has 0 bridgehead atoms. The molecule has 2 heterocycles. The number of nitrogens with zero attached hydrogens (tertiary/aromatic N) is 3. The second-order valence-corrected chi connectivity index (χ2v) is 7.22. The fraction of sp³-hybridized carbons (Fsp3) is 0.824. The van der Waals surface area contributed by atoms with Crippen molar-refractivity contribution in [1.82, 2.24) is 14.7 Å². The molecule has 21 heavy (non-hydrogen) atoms. The lowest BCUT2D eigenvalue weighted by Crippen LogP contribution is -2.41. The Labute approximate surface area is 127 Å². The van der Waals surface area contributed by atoms with Gasteiger partial charge in [-0.3, -0.25) is 9.58 Å². The van der Waals surface area contributed by atoms with E-state index in [4.69, 9.17) is 4.74 Å². The minimum absolute atomic E-state index is 0.516. The molecule has 0 saturated heterocycles. The Morgan fingerprint density at radius 2 is 2.00 bits per heavy atom. The van der Waals surface area contributed by atoms with E-state index in [-0.39, 0.29) is 0 Å². The van der Waals surface area contributed by atoms with E-state index in [2.05, 4.69) is 27.9 Å². The van der Waals surface area contributed by atoms with E-state index in [1.807, 2.05) is 0 Å². The number of rotatable bonds is 5. The Bertz CT molecular complexity index is 488. The Morgan fingerprint density at radius 1 is 1.19 bits per heavy atom. The van der Waals surface area contributed by atoms with Crippen LogP contribution in [0.15, 0.2) is 6.20 Å². The lowest BCUT2D eigenvalue weighted by molar-refractivity contribution is 0.0785. The molecule has 0 aromatic carbocycles. The minimum atomic E-state index is 0.516. The molecule has 4 nitrogen and oxygen atoms in total. The summed E-state index contributed by atoms with van der Waals surface area (Å²) in [5.74, 6) is 1.37. The molecule has 3 aliphatic rings. The summed E-state index contributed by atoms with van der Waals surface area (Å²) in [5, 5.41) is 4.50. The highest BCUT2D eigenvalue weighted by molar-refractivity contribution is 5.26. The van der Waals surface area contributed by atoms with Gasteiger partial charge in [0.15, 0.2) is 0 Å². The largest absolute Gasteiger partial charge is 0.380 e. The zero-order chi connectivity index (χ0) is 14.2. The molecule has 0 N–H and O–H groups in total. The standard InChI is InChI=1S/C17H27N3O/c1-19-17-10-20(15-4-2-3-5-15)9-14(16(17)8-18-19)12-21-11-13-6-7-13/h8,13-15H,2-7,9-12H2,1H3/t14-/m1/s1. The predicted molar refractivity (Wildman–Crippen MR) is 82.2 cm³/mol. The van der Waals surface area contributed by atoms with E-state index in [0.717, 1.165) is 38.3 Å². The Morgan fingerprint density at radius 3 is 2.76 bits per heavy atom. The number of ether oxygens (including phenoxy) is 1. The predicted octanol–water partition coefficient (Wildman–Crippen LogP) is 2.69. The second-order valence-electron chi connectivity index (χ2n) is 7.22. The lowest BCUT2D eigenvalue weighted by Gasteiger charge is -2.36. The molecule has 0 radical (unpaired) electrons. The summed E-state index contributed by atoms with van der Waals surface area (Å²) in [7, 11) is 2.08. The molecule has 4 heteroatoms. The van der Waals surface area contributed by atoms with Crippen molar-refractivity contribution in [3.63, 3.8) is 0 Å². The van der Waals surface area contributed by atoms with E-state index in [1.54, 1.807) is 0 Å². The first-order valence-corrected chi connectivity index (χ1v) is 8.64. The van der Waals surface area contributed by atoms with Crippen molar-refractivity contribution in [2.75, 3.05) is 19.8 Å². The average molecular weight is 289 g/mol. The number of aryl methyl sites for hydroxylation is 1. The van der Waals surface area contributed by atoms with Crippen LogP contribution in [-0.4, -0.2) is 40.5 Å². The Hall–Kier alpha value is -0.870. The molecule has 4 rings (SSSR count). The topological polar surface area (TPSA) is 30.3 Å². The average Bonchev–Trinajstić information content (AvgIpc) is 3.00. The highest BCUT2D eigenvalue weighted by Gasteiger charge is 2.33. The summed E-state index contributed by atoms with van der Waals surface area (Å²) in [6.45, 7) is 4.08. The smallest absolute Gasteiger partial charge is 0.0557 e. The maximum Gasteiger partial charge on any atom is 0.0557 e. The van der Waals surface area contributed by atoms with Gasteiger partial charge in [0.2, 0.25) is 0 Å². The van der Waals surface area contributed by atoms with Crippen LogP contribution in [0.1, 0.15) is 55.7 Å². The first kappa shape index (κ1) is 13.8. The zero-order valence-corrected chi connectivity index (χ0v) is 13.1. The summed E-state index contributed by atoms with van der Waals surface area (Å²) in [4.78, 5) is 2.70. The van der Waals surface area contributed by atoms with Gasteiger partial charge in [-0.25, -0.2) is 0 Å². The van der Waals surface area contributed by atoms with Crippen LogP contribution >= 0.6 is 0 Å².